The molecule has 1 saturated heterocycles. The van der Waals surface area contributed by atoms with E-state index in [1.165, 1.54) is 0 Å². The van der Waals surface area contributed by atoms with Crippen LogP contribution in [0.3, 0.4) is 0 Å². The molecule has 1 heterocycles. The predicted molar refractivity (Wildman–Crippen MR) is 101 cm³/mol. The molecule has 29 heavy (non-hydrogen) atoms. The van der Waals surface area contributed by atoms with Crippen molar-refractivity contribution in [2.24, 2.45) is 0 Å². The minimum atomic E-state index is -0.896. The standard InChI is InChI=1S/C19H34O10/c1-2-3-4-5-16(23)25-12-13-28-19(27-11-8-22)18-17(26-10-7-21)15(14-29-18)24-9-6-20/h3-4,15,17-22H,2,5-14H2,1H3/b4-3-. The van der Waals surface area contributed by atoms with Gasteiger partial charge in [-0.25, -0.2) is 0 Å². The third kappa shape index (κ3) is 10.5. The van der Waals surface area contributed by atoms with Gasteiger partial charge in [0.25, 0.3) is 0 Å². The SMILES string of the molecule is CC/C=C\CC(=O)OCCOC(OCCO)C1OCC(OCCO)C1OCCO. The van der Waals surface area contributed by atoms with Crippen LogP contribution in [-0.4, -0.2) is 105 Å². The summed E-state index contributed by atoms with van der Waals surface area (Å²) >= 11 is 0. The largest absolute Gasteiger partial charge is 0.463 e. The number of allylic oxidation sites excluding steroid dienone is 1. The summed E-state index contributed by atoms with van der Waals surface area (Å²) in [4.78, 5) is 11.6. The van der Waals surface area contributed by atoms with Gasteiger partial charge < -0.3 is 43.7 Å². The Morgan fingerprint density at radius 2 is 1.69 bits per heavy atom. The molecule has 1 aliphatic heterocycles. The van der Waals surface area contributed by atoms with Crippen LogP contribution in [0.1, 0.15) is 19.8 Å². The predicted octanol–water partition coefficient (Wildman–Crippen LogP) is -0.609. The van der Waals surface area contributed by atoms with E-state index in [1.54, 1.807) is 6.08 Å². The lowest BCUT2D eigenvalue weighted by Crippen LogP contribution is -2.45. The molecule has 0 aromatic rings. The van der Waals surface area contributed by atoms with Crippen molar-refractivity contribution in [1.82, 2.24) is 0 Å². The molecule has 0 bridgehead atoms. The first-order valence-electron chi connectivity index (χ1n) is 9.89. The molecule has 0 amide bonds. The molecule has 10 heteroatoms. The average Bonchev–Trinajstić information content (AvgIpc) is 3.12. The van der Waals surface area contributed by atoms with E-state index in [9.17, 15) is 4.79 Å². The zero-order chi connectivity index (χ0) is 21.3. The fraction of sp³-hybridized carbons (Fsp3) is 0.842. The maximum atomic E-state index is 11.6. The quantitative estimate of drug-likeness (QED) is 0.121. The zero-order valence-electron chi connectivity index (χ0n) is 16.9. The lowest BCUT2D eigenvalue weighted by atomic mass is 10.1. The van der Waals surface area contributed by atoms with Crippen molar-refractivity contribution >= 4 is 5.97 Å². The molecule has 0 aliphatic carbocycles. The van der Waals surface area contributed by atoms with Crippen molar-refractivity contribution in [3.8, 4) is 0 Å². The number of hydrogen-bond acceptors (Lipinski definition) is 10. The van der Waals surface area contributed by atoms with Gasteiger partial charge in [0.15, 0.2) is 6.29 Å². The van der Waals surface area contributed by atoms with Crippen molar-refractivity contribution in [2.45, 2.75) is 44.4 Å². The molecule has 1 fully saturated rings. The maximum Gasteiger partial charge on any atom is 0.309 e. The smallest absolute Gasteiger partial charge is 0.309 e. The summed E-state index contributed by atoms with van der Waals surface area (Å²) in [5, 5.41) is 27.1. The summed E-state index contributed by atoms with van der Waals surface area (Å²) in [6.45, 7) is 1.94. The number of hydrogen-bond donors (Lipinski definition) is 3. The number of aliphatic hydroxyl groups excluding tert-OH is 3. The van der Waals surface area contributed by atoms with Crippen molar-refractivity contribution < 1.29 is 48.5 Å². The molecule has 3 N–H and O–H groups in total. The van der Waals surface area contributed by atoms with E-state index in [0.717, 1.165) is 6.42 Å². The van der Waals surface area contributed by atoms with Crippen LogP contribution in [0, 0.1) is 0 Å². The van der Waals surface area contributed by atoms with Crippen molar-refractivity contribution in [2.75, 3.05) is 59.5 Å². The van der Waals surface area contributed by atoms with Gasteiger partial charge in [-0.1, -0.05) is 19.1 Å². The van der Waals surface area contributed by atoms with Crippen LogP contribution in [0.5, 0.6) is 0 Å². The minimum absolute atomic E-state index is 0.0149. The fourth-order valence-electron chi connectivity index (χ4n) is 2.71. The molecule has 0 saturated carbocycles. The Morgan fingerprint density at radius 1 is 1.00 bits per heavy atom. The van der Waals surface area contributed by atoms with Gasteiger partial charge in [0.2, 0.25) is 0 Å². The first kappa shape index (κ1) is 25.9. The van der Waals surface area contributed by atoms with Gasteiger partial charge in [-0.3, -0.25) is 4.79 Å². The van der Waals surface area contributed by atoms with E-state index in [0.29, 0.717) is 0 Å². The van der Waals surface area contributed by atoms with Gasteiger partial charge in [0, 0.05) is 0 Å². The average molecular weight is 422 g/mol. The van der Waals surface area contributed by atoms with Crippen molar-refractivity contribution in [3.05, 3.63) is 12.2 Å². The second-order valence-electron chi connectivity index (χ2n) is 6.13. The summed E-state index contributed by atoms with van der Waals surface area (Å²) < 4.78 is 33.2. The Hall–Kier alpha value is -1.11. The maximum absolute atomic E-state index is 11.6. The van der Waals surface area contributed by atoms with Gasteiger partial charge in [-0.05, 0) is 6.42 Å². The Labute approximate surface area is 171 Å². The number of aliphatic hydroxyl groups is 3. The van der Waals surface area contributed by atoms with E-state index in [-0.39, 0.29) is 71.9 Å². The molecule has 1 aliphatic rings. The normalized spacial score (nSPS) is 23.0. The lowest BCUT2D eigenvalue weighted by molar-refractivity contribution is -0.224. The van der Waals surface area contributed by atoms with Gasteiger partial charge in [0.1, 0.15) is 24.9 Å². The summed E-state index contributed by atoms with van der Waals surface area (Å²) in [5.41, 5.74) is 0. The summed E-state index contributed by atoms with van der Waals surface area (Å²) in [5.74, 6) is -0.357. The van der Waals surface area contributed by atoms with Gasteiger partial charge >= 0.3 is 5.97 Å². The number of ether oxygens (including phenoxy) is 6. The number of esters is 1. The molecular weight excluding hydrogens is 388 g/mol. The molecule has 0 radical (unpaired) electrons. The van der Waals surface area contributed by atoms with Crippen LogP contribution in [0.4, 0.5) is 0 Å². The van der Waals surface area contributed by atoms with Gasteiger partial charge in [-0.15, -0.1) is 0 Å². The molecular formula is C19H34O10. The Bertz CT molecular complexity index is 445. The first-order valence-corrected chi connectivity index (χ1v) is 9.89. The number of rotatable bonds is 17. The monoisotopic (exact) mass is 422 g/mol. The molecule has 0 aromatic carbocycles. The molecule has 10 nitrogen and oxygen atoms in total. The van der Waals surface area contributed by atoms with E-state index >= 15 is 0 Å². The molecule has 0 spiro atoms. The highest BCUT2D eigenvalue weighted by molar-refractivity contribution is 5.71. The van der Waals surface area contributed by atoms with E-state index in [1.807, 2.05) is 13.0 Å². The molecule has 4 atom stereocenters. The van der Waals surface area contributed by atoms with Crippen LogP contribution in [0.15, 0.2) is 12.2 Å². The van der Waals surface area contributed by atoms with Crippen molar-refractivity contribution in [3.63, 3.8) is 0 Å². The first-order chi connectivity index (χ1) is 14.2. The molecule has 4 unspecified atom stereocenters. The van der Waals surface area contributed by atoms with E-state index < -0.39 is 24.6 Å². The van der Waals surface area contributed by atoms with Crippen molar-refractivity contribution in [1.29, 1.82) is 0 Å². The summed E-state index contributed by atoms with van der Waals surface area (Å²) in [6.07, 6.45) is 2.04. The molecule has 1 rings (SSSR count). The third-order valence-corrected chi connectivity index (χ3v) is 3.93. The lowest BCUT2D eigenvalue weighted by Gasteiger charge is -2.29. The Kier molecular flexibility index (Phi) is 14.9. The second-order valence-corrected chi connectivity index (χ2v) is 6.13. The Balaban J connectivity index is 2.57. The number of carbonyl (C=O) groups is 1. The fourth-order valence-corrected chi connectivity index (χ4v) is 2.71. The van der Waals surface area contributed by atoms with E-state index in [2.05, 4.69) is 0 Å². The van der Waals surface area contributed by atoms with Crippen LogP contribution < -0.4 is 0 Å². The topological polar surface area (TPSA) is 133 Å². The molecule has 170 valence electrons. The highest BCUT2D eigenvalue weighted by atomic mass is 16.7. The van der Waals surface area contributed by atoms with Crippen LogP contribution in [0.25, 0.3) is 0 Å². The van der Waals surface area contributed by atoms with Crippen LogP contribution >= 0.6 is 0 Å². The van der Waals surface area contributed by atoms with E-state index in [4.69, 9.17) is 43.7 Å². The summed E-state index contributed by atoms with van der Waals surface area (Å²) in [6, 6.07) is 0. The zero-order valence-corrected chi connectivity index (χ0v) is 16.9. The van der Waals surface area contributed by atoms with Gasteiger partial charge in [0.05, 0.1) is 59.3 Å². The van der Waals surface area contributed by atoms with Crippen LogP contribution in [-0.2, 0) is 33.2 Å². The van der Waals surface area contributed by atoms with Crippen LogP contribution in [0.2, 0.25) is 0 Å². The van der Waals surface area contributed by atoms with Gasteiger partial charge in [-0.2, -0.15) is 0 Å². The molecule has 0 aromatic heterocycles. The highest BCUT2D eigenvalue weighted by Crippen LogP contribution is 2.25. The minimum Gasteiger partial charge on any atom is -0.463 e. The summed E-state index contributed by atoms with van der Waals surface area (Å²) in [7, 11) is 0. The highest BCUT2D eigenvalue weighted by Gasteiger charge is 2.44. The number of carbonyl (C=O) groups excluding carboxylic acids is 1. The second kappa shape index (κ2) is 16.7. The Morgan fingerprint density at radius 3 is 2.38 bits per heavy atom. The third-order valence-electron chi connectivity index (χ3n) is 3.93.